The van der Waals surface area contributed by atoms with Crippen molar-refractivity contribution in [2.75, 3.05) is 12.3 Å². The first-order valence-electron chi connectivity index (χ1n) is 5.36. The molecular formula is C12H15N3O. The lowest BCUT2D eigenvalue weighted by Crippen LogP contribution is -2.34. The van der Waals surface area contributed by atoms with Crippen LogP contribution in [0, 0.1) is 0 Å². The van der Waals surface area contributed by atoms with Crippen molar-refractivity contribution in [1.82, 2.24) is 9.88 Å². The highest BCUT2D eigenvalue weighted by atomic mass is 16.2. The number of nitrogens with two attached hydrogens (primary N) is 1. The van der Waals surface area contributed by atoms with Gasteiger partial charge in [-0.25, -0.2) is 4.98 Å². The standard InChI is InChI=1S/C12H15N3O/c1-2-8-15(9-5-6-9)12(16)11-10(13)4-3-7-14-11/h2-4,7,9H,1,5-6,8,13H2. The number of amides is 1. The molecule has 2 N–H and O–H groups in total. The highest BCUT2D eigenvalue weighted by Crippen LogP contribution is 2.28. The fourth-order valence-corrected chi connectivity index (χ4v) is 1.66. The largest absolute Gasteiger partial charge is 0.397 e. The van der Waals surface area contributed by atoms with E-state index in [0.717, 1.165) is 12.8 Å². The maximum absolute atomic E-state index is 12.2. The Bertz CT molecular complexity index is 412. The zero-order valence-electron chi connectivity index (χ0n) is 9.10. The quantitative estimate of drug-likeness (QED) is 0.777. The number of carbonyl (C=O) groups is 1. The predicted octanol–water partition coefficient (Wildman–Crippen LogP) is 1.45. The number of nitrogen functional groups attached to an aromatic ring is 1. The summed E-state index contributed by atoms with van der Waals surface area (Å²) < 4.78 is 0. The number of aromatic nitrogens is 1. The van der Waals surface area contributed by atoms with E-state index in [1.807, 2.05) is 0 Å². The van der Waals surface area contributed by atoms with Crippen LogP contribution >= 0.6 is 0 Å². The fraction of sp³-hybridized carbons (Fsp3) is 0.333. The molecule has 1 aromatic heterocycles. The second kappa shape index (κ2) is 4.35. The lowest BCUT2D eigenvalue weighted by molar-refractivity contribution is 0.0758. The van der Waals surface area contributed by atoms with Crippen LogP contribution in [0.3, 0.4) is 0 Å². The topological polar surface area (TPSA) is 59.2 Å². The lowest BCUT2D eigenvalue weighted by atomic mass is 10.2. The van der Waals surface area contributed by atoms with Crippen LogP contribution in [-0.2, 0) is 0 Å². The van der Waals surface area contributed by atoms with Crippen molar-refractivity contribution >= 4 is 11.6 Å². The average Bonchev–Trinajstić information content (AvgIpc) is 3.09. The summed E-state index contributed by atoms with van der Waals surface area (Å²) in [6.45, 7) is 4.22. The van der Waals surface area contributed by atoms with Gasteiger partial charge in [0.05, 0.1) is 5.69 Å². The summed E-state index contributed by atoms with van der Waals surface area (Å²) in [5, 5.41) is 0. The lowest BCUT2D eigenvalue weighted by Gasteiger charge is -2.20. The number of nitrogens with zero attached hydrogens (tertiary/aromatic N) is 2. The molecule has 0 atom stereocenters. The maximum atomic E-state index is 12.2. The van der Waals surface area contributed by atoms with Gasteiger partial charge in [0, 0.05) is 18.8 Å². The van der Waals surface area contributed by atoms with Crippen LogP contribution in [0.2, 0.25) is 0 Å². The monoisotopic (exact) mass is 217 g/mol. The molecule has 0 saturated heterocycles. The molecular weight excluding hydrogens is 202 g/mol. The molecule has 1 heterocycles. The molecule has 4 heteroatoms. The van der Waals surface area contributed by atoms with E-state index in [4.69, 9.17) is 5.73 Å². The molecule has 0 radical (unpaired) electrons. The summed E-state index contributed by atoms with van der Waals surface area (Å²) in [7, 11) is 0. The Morgan fingerprint density at radius 3 is 3.00 bits per heavy atom. The number of hydrogen-bond acceptors (Lipinski definition) is 3. The van der Waals surface area contributed by atoms with Crippen molar-refractivity contribution < 1.29 is 4.79 Å². The molecule has 0 bridgehead atoms. The van der Waals surface area contributed by atoms with Gasteiger partial charge >= 0.3 is 0 Å². The van der Waals surface area contributed by atoms with Gasteiger partial charge in [-0.15, -0.1) is 6.58 Å². The number of anilines is 1. The Morgan fingerprint density at radius 2 is 2.44 bits per heavy atom. The maximum Gasteiger partial charge on any atom is 0.275 e. The Labute approximate surface area is 94.8 Å². The minimum atomic E-state index is -0.0968. The van der Waals surface area contributed by atoms with Crippen LogP contribution in [-0.4, -0.2) is 28.4 Å². The zero-order chi connectivity index (χ0) is 11.5. The first kappa shape index (κ1) is 10.7. The van der Waals surface area contributed by atoms with Crippen LogP contribution < -0.4 is 5.73 Å². The van der Waals surface area contributed by atoms with E-state index >= 15 is 0 Å². The highest BCUT2D eigenvalue weighted by Gasteiger charge is 2.33. The van der Waals surface area contributed by atoms with Crippen molar-refractivity contribution in [1.29, 1.82) is 0 Å². The predicted molar refractivity (Wildman–Crippen MR) is 62.9 cm³/mol. The van der Waals surface area contributed by atoms with Crippen LogP contribution in [0.1, 0.15) is 23.3 Å². The minimum absolute atomic E-state index is 0.0968. The van der Waals surface area contributed by atoms with E-state index in [0.29, 0.717) is 24.0 Å². The van der Waals surface area contributed by atoms with Crippen molar-refractivity contribution in [2.45, 2.75) is 18.9 Å². The molecule has 0 aliphatic heterocycles. The van der Waals surface area contributed by atoms with Gasteiger partial charge in [0.1, 0.15) is 0 Å². The Balaban J connectivity index is 2.22. The summed E-state index contributed by atoms with van der Waals surface area (Å²) in [6, 6.07) is 3.76. The Kier molecular flexibility index (Phi) is 2.90. The van der Waals surface area contributed by atoms with Crippen LogP contribution in [0.4, 0.5) is 5.69 Å². The van der Waals surface area contributed by atoms with Gasteiger partial charge in [0.15, 0.2) is 5.69 Å². The third-order valence-corrected chi connectivity index (χ3v) is 2.62. The number of carbonyl (C=O) groups excluding carboxylic acids is 1. The first-order valence-corrected chi connectivity index (χ1v) is 5.36. The first-order chi connectivity index (χ1) is 7.74. The van der Waals surface area contributed by atoms with Crippen molar-refractivity contribution in [3.8, 4) is 0 Å². The summed E-state index contributed by atoms with van der Waals surface area (Å²) in [6.07, 6.45) is 5.44. The van der Waals surface area contributed by atoms with E-state index in [1.54, 1.807) is 29.3 Å². The third-order valence-electron chi connectivity index (χ3n) is 2.62. The van der Waals surface area contributed by atoms with E-state index in [1.165, 1.54) is 0 Å². The Morgan fingerprint density at radius 1 is 1.69 bits per heavy atom. The van der Waals surface area contributed by atoms with Gasteiger partial charge < -0.3 is 10.6 Å². The smallest absolute Gasteiger partial charge is 0.275 e. The molecule has 4 nitrogen and oxygen atoms in total. The van der Waals surface area contributed by atoms with Crippen molar-refractivity contribution in [3.05, 3.63) is 36.7 Å². The Hall–Kier alpha value is -1.84. The molecule has 0 aromatic carbocycles. The van der Waals surface area contributed by atoms with E-state index in [-0.39, 0.29) is 5.91 Å². The summed E-state index contributed by atoms with van der Waals surface area (Å²) in [4.78, 5) is 18.0. The van der Waals surface area contributed by atoms with Gasteiger partial charge in [-0.3, -0.25) is 4.79 Å². The number of hydrogen-bond donors (Lipinski definition) is 1. The van der Waals surface area contributed by atoms with Gasteiger partial charge in [0.25, 0.3) is 5.91 Å². The summed E-state index contributed by atoms with van der Waals surface area (Å²) in [5.74, 6) is -0.0968. The molecule has 1 amide bonds. The fourth-order valence-electron chi connectivity index (χ4n) is 1.66. The number of pyridine rings is 1. The van der Waals surface area contributed by atoms with E-state index in [9.17, 15) is 4.79 Å². The molecule has 2 rings (SSSR count). The van der Waals surface area contributed by atoms with E-state index in [2.05, 4.69) is 11.6 Å². The molecule has 0 spiro atoms. The van der Waals surface area contributed by atoms with Gasteiger partial charge in [-0.05, 0) is 25.0 Å². The number of rotatable bonds is 4. The van der Waals surface area contributed by atoms with Crippen LogP contribution in [0.5, 0.6) is 0 Å². The van der Waals surface area contributed by atoms with Crippen molar-refractivity contribution in [3.63, 3.8) is 0 Å². The highest BCUT2D eigenvalue weighted by molar-refractivity contribution is 5.97. The van der Waals surface area contributed by atoms with Gasteiger partial charge in [-0.1, -0.05) is 6.08 Å². The van der Waals surface area contributed by atoms with Crippen molar-refractivity contribution in [2.24, 2.45) is 0 Å². The zero-order valence-corrected chi connectivity index (χ0v) is 9.10. The van der Waals surface area contributed by atoms with Crippen LogP contribution in [0.15, 0.2) is 31.0 Å². The van der Waals surface area contributed by atoms with Gasteiger partial charge in [0.2, 0.25) is 0 Å². The normalized spacial score (nSPS) is 14.5. The van der Waals surface area contributed by atoms with Crippen LogP contribution in [0.25, 0.3) is 0 Å². The average molecular weight is 217 g/mol. The van der Waals surface area contributed by atoms with Gasteiger partial charge in [-0.2, -0.15) is 0 Å². The summed E-state index contributed by atoms with van der Waals surface area (Å²) in [5.41, 5.74) is 6.52. The second-order valence-electron chi connectivity index (χ2n) is 3.92. The molecule has 0 unspecified atom stereocenters. The molecule has 1 aliphatic rings. The minimum Gasteiger partial charge on any atom is -0.397 e. The molecule has 1 saturated carbocycles. The molecule has 84 valence electrons. The third kappa shape index (κ3) is 2.05. The molecule has 1 aliphatic carbocycles. The molecule has 1 aromatic rings. The summed E-state index contributed by atoms with van der Waals surface area (Å²) >= 11 is 0. The molecule has 16 heavy (non-hydrogen) atoms. The molecule has 1 fully saturated rings. The second-order valence-corrected chi connectivity index (χ2v) is 3.92. The SMILES string of the molecule is C=CCN(C(=O)c1ncccc1N)C1CC1. The van der Waals surface area contributed by atoms with E-state index < -0.39 is 0 Å².